The minimum atomic E-state index is -2.94. The van der Waals surface area contributed by atoms with E-state index in [1.54, 1.807) is 0 Å². The molecule has 0 rings (SSSR count). The average Bonchev–Trinajstić information content (AvgIpc) is 2.15. The molecule has 0 aromatic carbocycles. The highest BCUT2D eigenvalue weighted by molar-refractivity contribution is 7.90. The minimum absolute atomic E-state index is 0.0763. The summed E-state index contributed by atoms with van der Waals surface area (Å²) in [6.45, 7) is 5.61. The molecule has 0 aliphatic heterocycles. The van der Waals surface area contributed by atoms with Crippen LogP contribution in [0.15, 0.2) is 0 Å². The topological polar surface area (TPSA) is 54.5 Å². The maximum absolute atomic E-state index is 11.7. The van der Waals surface area contributed by atoms with Crippen molar-refractivity contribution in [3.8, 4) is 0 Å². The van der Waals surface area contributed by atoms with Gasteiger partial charge < -0.3 is 4.90 Å². The lowest BCUT2D eigenvalue weighted by Gasteiger charge is -2.21. The number of hydrogen-bond acceptors (Lipinski definition) is 3. The van der Waals surface area contributed by atoms with Crippen molar-refractivity contribution < 1.29 is 13.2 Å². The molecule has 0 atom stereocenters. The third-order valence-corrected chi connectivity index (χ3v) is 3.28. The normalized spacial score (nSPS) is 11.4. The highest BCUT2D eigenvalue weighted by atomic mass is 32.2. The van der Waals surface area contributed by atoms with Crippen LogP contribution in [0.25, 0.3) is 0 Å². The van der Waals surface area contributed by atoms with Crippen LogP contribution >= 0.6 is 0 Å². The van der Waals surface area contributed by atoms with Gasteiger partial charge in [0, 0.05) is 25.8 Å². The number of sulfone groups is 1. The Bertz CT molecular complexity index is 292. The molecule has 0 saturated heterocycles. The summed E-state index contributed by atoms with van der Waals surface area (Å²) in [5.41, 5.74) is 0. The molecule has 0 aromatic rings. The van der Waals surface area contributed by atoms with E-state index in [0.29, 0.717) is 12.8 Å². The molecule has 0 aliphatic rings. The summed E-state index contributed by atoms with van der Waals surface area (Å²) in [5, 5.41) is 0. The fourth-order valence-corrected chi connectivity index (χ4v) is 2.21. The Morgan fingerprint density at radius 3 is 2.00 bits per heavy atom. The van der Waals surface area contributed by atoms with Gasteiger partial charge in [-0.05, 0) is 19.3 Å². The first kappa shape index (κ1) is 15.4. The fourth-order valence-electron chi connectivity index (χ4n) is 1.54. The quantitative estimate of drug-likeness (QED) is 0.654. The lowest BCUT2D eigenvalue weighted by atomic mass is 10.2. The Kier molecular flexibility index (Phi) is 7.38. The molecular formula is C11H23NO3S. The van der Waals surface area contributed by atoms with E-state index in [1.165, 1.54) is 6.26 Å². The third kappa shape index (κ3) is 7.68. The van der Waals surface area contributed by atoms with Crippen LogP contribution in [0.4, 0.5) is 0 Å². The lowest BCUT2D eigenvalue weighted by Crippen LogP contribution is -2.32. The highest BCUT2D eigenvalue weighted by Crippen LogP contribution is 2.02. The molecule has 1 amide bonds. The number of hydrogen-bond donors (Lipinski definition) is 0. The van der Waals surface area contributed by atoms with Crippen molar-refractivity contribution in [2.24, 2.45) is 0 Å². The second kappa shape index (κ2) is 7.65. The van der Waals surface area contributed by atoms with E-state index in [4.69, 9.17) is 0 Å². The van der Waals surface area contributed by atoms with Crippen molar-refractivity contribution in [1.29, 1.82) is 0 Å². The Morgan fingerprint density at radius 2 is 1.62 bits per heavy atom. The number of nitrogens with zero attached hydrogens (tertiary/aromatic N) is 1. The van der Waals surface area contributed by atoms with Crippen LogP contribution < -0.4 is 0 Å². The first-order chi connectivity index (χ1) is 7.40. The first-order valence-electron chi connectivity index (χ1n) is 5.86. The Balaban J connectivity index is 4.00. The highest BCUT2D eigenvalue weighted by Gasteiger charge is 2.12. The summed E-state index contributed by atoms with van der Waals surface area (Å²) in [4.78, 5) is 13.6. The van der Waals surface area contributed by atoms with Crippen molar-refractivity contribution in [3.63, 3.8) is 0 Å². The lowest BCUT2D eigenvalue weighted by molar-refractivity contribution is -0.131. The predicted molar refractivity (Wildman–Crippen MR) is 66.1 cm³/mol. The summed E-state index contributed by atoms with van der Waals surface area (Å²) in [5.74, 6) is 0.178. The molecular weight excluding hydrogens is 226 g/mol. The van der Waals surface area contributed by atoms with Crippen molar-refractivity contribution in [1.82, 2.24) is 4.90 Å². The second-order valence-corrected chi connectivity index (χ2v) is 6.37. The van der Waals surface area contributed by atoms with Crippen LogP contribution in [0, 0.1) is 0 Å². The van der Waals surface area contributed by atoms with Gasteiger partial charge in [-0.15, -0.1) is 0 Å². The van der Waals surface area contributed by atoms with Crippen LogP contribution in [-0.2, 0) is 14.6 Å². The molecule has 0 aliphatic carbocycles. The van der Waals surface area contributed by atoms with Crippen LogP contribution in [0.2, 0.25) is 0 Å². The van der Waals surface area contributed by atoms with Gasteiger partial charge in [-0.1, -0.05) is 13.8 Å². The van der Waals surface area contributed by atoms with Crippen LogP contribution in [0.5, 0.6) is 0 Å². The van der Waals surface area contributed by atoms with E-state index >= 15 is 0 Å². The molecule has 0 heterocycles. The number of carbonyl (C=O) groups excluding carboxylic acids is 1. The smallest absolute Gasteiger partial charge is 0.222 e. The molecule has 0 saturated carbocycles. The SMILES string of the molecule is CCCN(CCC)C(=O)CCCS(C)(=O)=O. The largest absolute Gasteiger partial charge is 0.343 e. The van der Waals surface area contributed by atoms with Gasteiger partial charge in [0.15, 0.2) is 0 Å². The molecule has 0 bridgehead atoms. The van der Waals surface area contributed by atoms with Crippen molar-refractivity contribution in [2.45, 2.75) is 39.5 Å². The minimum Gasteiger partial charge on any atom is -0.343 e. The maximum atomic E-state index is 11.7. The molecule has 0 spiro atoms. The summed E-state index contributed by atoms with van der Waals surface area (Å²) in [6.07, 6.45) is 3.86. The summed E-state index contributed by atoms with van der Waals surface area (Å²) in [7, 11) is -2.94. The Hall–Kier alpha value is -0.580. The zero-order valence-corrected chi connectivity index (χ0v) is 11.3. The zero-order chi connectivity index (χ0) is 12.6. The fraction of sp³-hybridized carbons (Fsp3) is 0.909. The van der Waals surface area contributed by atoms with Gasteiger partial charge in [0.25, 0.3) is 0 Å². The maximum Gasteiger partial charge on any atom is 0.222 e. The summed E-state index contributed by atoms with van der Waals surface area (Å²) >= 11 is 0. The van der Waals surface area contributed by atoms with Crippen LogP contribution in [0.1, 0.15) is 39.5 Å². The van der Waals surface area contributed by atoms with Gasteiger partial charge in [-0.2, -0.15) is 0 Å². The first-order valence-corrected chi connectivity index (χ1v) is 7.92. The van der Waals surface area contributed by atoms with Gasteiger partial charge in [0.1, 0.15) is 9.84 Å². The monoisotopic (exact) mass is 249 g/mol. The zero-order valence-electron chi connectivity index (χ0n) is 10.5. The van der Waals surface area contributed by atoms with Gasteiger partial charge in [-0.3, -0.25) is 4.79 Å². The van der Waals surface area contributed by atoms with Crippen LogP contribution in [0.3, 0.4) is 0 Å². The molecule has 0 N–H and O–H groups in total. The molecule has 4 nitrogen and oxygen atoms in total. The Labute approximate surface area is 98.9 Å². The van der Waals surface area contributed by atoms with Gasteiger partial charge in [0.05, 0.1) is 5.75 Å². The van der Waals surface area contributed by atoms with E-state index in [9.17, 15) is 13.2 Å². The van der Waals surface area contributed by atoms with E-state index < -0.39 is 9.84 Å². The number of amides is 1. The molecule has 0 fully saturated rings. The van der Waals surface area contributed by atoms with E-state index in [-0.39, 0.29) is 11.7 Å². The van der Waals surface area contributed by atoms with Gasteiger partial charge >= 0.3 is 0 Å². The predicted octanol–water partition coefficient (Wildman–Crippen LogP) is 1.46. The van der Waals surface area contributed by atoms with Crippen LogP contribution in [-0.4, -0.2) is 44.3 Å². The van der Waals surface area contributed by atoms with Gasteiger partial charge in [0.2, 0.25) is 5.91 Å². The average molecular weight is 249 g/mol. The van der Waals surface area contributed by atoms with Crippen molar-refractivity contribution in [3.05, 3.63) is 0 Å². The molecule has 16 heavy (non-hydrogen) atoms. The molecule has 0 aromatic heterocycles. The summed E-state index contributed by atoms with van der Waals surface area (Å²) < 4.78 is 21.8. The van der Waals surface area contributed by atoms with Gasteiger partial charge in [-0.25, -0.2) is 8.42 Å². The summed E-state index contributed by atoms with van der Waals surface area (Å²) in [6, 6.07) is 0. The second-order valence-electron chi connectivity index (χ2n) is 4.11. The Morgan fingerprint density at radius 1 is 1.12 bits per heavy atom. The molecule has 0 unspecified atom stereocenters. The molecule has 96 valence electrons. The number of carbonyl (C=O) groups is 1. The van der Waals surface area contributed by atoms with E-state index in [0.717, 1.165) is 25.9 Å². The van der Waals surface area contributed by atoms with Crippen molar-refractivity contribution in [2.75, 3.05) is 25.1 Å². The van der Waals surface area contributed by atoms with E-state index in [1.807, 2.05) is 18.7 Å². The third-order valence-electron chi connectivity index (χ3n) is 2.25. The van der Waals surface area contributed by atoms with E-state index in [2.05, 4.69) is 0 Å². The number of rotatable bonds is 8. The molecule has 0 radical (unpaired) electrons. The molecule has 5 heteroatoms. The standard InChI is InChI=1S/C11H23NO3S/c1-4-8-12(9-5-2)11(13)7-6-10-16(3,14)15/h4-10H2,1-3H3. The van der Waals surface area contributed by atoms with Crippen molar-refractivity contribution >= 4 is 15.7 Å².